The van der Waals surface area contributed by atoms with Gasteiger partial charge in [-0.3, -0.25) is 0 Å². The van der Waals surface area contributed by atoms with Crippen molar-refractivity contribution in [1.29, 1.82) is 0 Å². The van der Waals surface area contributed by atoms with E-state index in [1.165, 1.54) is 18.8 Å². The van der Waals surface area contributed by atoms with Crippen LogP contribution in [-0.4, -0.2) is 19.8 Å². The van der Waals surface area contributed by atoms with Crippen molar-refractivity contribution in [2.75, 3.05) is 19.8 Å². The number of hydrogen-bond acceptors (Lipinski definition) is 3. The van der Waals surface area contributed by atoms with Gasteiger partial charge >= 0.3 is 174 Å². The van der Waals surface area contributed by atoms with Crippen molar-refractivity contribution in [3.63, 3.8) is 0 Å². The molecule has 0 bridgehead atoms. The summed E-state index contributed by atoms with van der Waals surface area (Å²) in [5.41, 5.74) is -1.98. The van der Waals surface area contributed by atoms with Gasteiger partial charge in [-0.25, -0.2) is 0 Å². The summed E-state index contributed by atoms with van der Waals surface area (Å²) < 4.78 is 55.1. The summed E-state index contributed by atoms with van der Waals surface area (Å²) in [6.45, 7) is 31.3. The first-order chi connectivity index (χ1) is 13.2. The molecule has 0 fully saturated rings. The summed E-state index contributed by atoms with van der Waals surface area (Å²) in [6.07, 6.45) is 6.72. The van der Waals surface area contributed by atoms with Gasteiger partial charge in [-0.05, 0) is 0 Å². The Labute approximate surface area is 173 Å². The van der Waals surface area contributed by atoms with Crippen LogP contribution in [0.4, 0.5) is 0 Å². The molecule has 27 heavy (non-hydrogen) atoms. The fraction of sp³-hybridized carbons (Fsp3) is 0.706. The molecule has 0 atom stereocenters. The van der Waals surface area contributed by atoms with Crippen LogP contribution in [0.25, 0.3) is 0 Å². The predicted octanol–water partition coefficient (Wildman–Crippen LogP) is 4.47. The zero-order valence-corrected chi connectivity index (χ0v) is 19.8. The Morgan fingerprint density at radius 1 is 0.556 bits per heavy atom. The van der Waals surface area contributed by atoms with Gasteiger partial charge in [-0.1, -0.05) is 0 Å². The molecule has 8 nitrogen and oxygen atoms in total. The van der Waals surface area contributed by atoms with Crippen molar-refractivity contribution < 1.29 is 55.6 Å². The van der Waals surface area contributed by atoms with Crippen molar-refractivity contribution >= 4 is 5.58 Å². The monoisotopic (exact) mass is 574 g/mol. The Morgan fingerprint density at radius 3 is 0.889 bits per heavy atom. The molecule has 154 valence electrons. The predicted molar refractivity (Wildman–Crippen MR) is 89.1 cm³/mol. The van der Waals surface area contributed by atoms with Gasteiger partial charge in [0.05, 0.1) is 0 Å². The molecule has 0 N–H and O–H groups in total. The van der Waals surface area contributed by atoms with E-state index >= 15 is 0 Å². The number of rotatable bonds is 12. The van der Waals surface area contributed by atoms with E-state index in [1.54, 1.807) is 0 Å². The second kappa shape index (κ2) is 50.0. The molecule has 0 rings (SSSR count). The molecule has 0 saturated carbocycles. The quantitative estimate of drug-likeness (QED) is 0.148. The molecule has 0 aliphatic carbocycles. The Bertz CT molecular complexity index is 323. The van der Waals surface area contributed by atoms with Crippen LogP contribution in [0.15, 0.2) is 0 Å². The molecular formula is C17H27O8PW. The Hall–Kier alpha value is -0.302. The third-order valence-corrected chi connectivity index (χ3v) is 7.15. The zero-order valence-electron chi connectivity index (χ0n) is 16.0. The molecule has 0 aromatic rings. The van der Waals surface area contributed by atoms with Crippen molar-refractivity contribution in [1.82, 2.24) is 0 Å². The van der Waals surface area contributed by atoms with Crippen LogP contribution in [0.2, 0.25) is 0 Å². The van der Waals surface area contributed by atoms with Crippen molar-refractivity contribution in [2.24, 2.45) is 0 Å². The molecule has 0 aliphatic heterocycles. The molecule has 0 aliphatic rings. The Morgan fingerprint density at radius 2 is 0.741 bits per heavy atom. The fourth-order valence-electron chi connectivity index (χ4n) is 1.07. The van der Waals surface area contributed by atoms with Gasteiger partial charge in [0, 0.05) is 0 Å². The van der Waals surface area contributed by atoms with Gasteiger partial charge < -0.3 is 0 Å². The molecule has 0 heterocycles. The summed E-state index contributed by atoms with van der Waals surface area (Å²) in [5, 5.41) is 0. The third kappa shape index (κ3) is 46.1. The fourth-order valence-corrected chi connectivity index (χ4v) is 4.77. The van der Waals surface area contributed by atoms with Crippen LogP contribution in [0.1, 0.15) is 59.3 Å². The van der Waals surface area contributed by atoms with Crippen LogP contribution in [0.3, 0.4) is 0 Å². The number of hydrogen-bond donors (Lipinski definition) is 0. The van der Waals surface area contributed by atoms with Crippen LogP contribution >= 0.6 is 5.58 Å². The number of unbranched alkanes of at least 4 members (excludes halogenated alkanes) is 3. The Kier molecular flexibility index (Phi) is 76.3. The maximum atomic E-state index is 7.50. The van der Waals surface area contributed by atoms with Gasteiger partial charge in [0.25, 0.3) is 0 Å². The van der Waals surface area contributed by atoms with E-state index < -0.39 is 5.58 Å². The SMILES string of the molecule is CCCCO[P](=[W])(OCCCC)OCCCC.[C-]#[O+].[C-]#[O+].[C-]#[O+].[C-]#[O+].[C-]#[O+]. The summed E-state index contributed by atoms with van der Waals surface area (Å²) in [4.78, 5) is 0. The van der Waals surface area contributed by atoms with Gasteiger partial charge in [0.15, 0.2) is 0 Å². The molecule has 0 amide bonds. The van der Waals surface area contributed by atoms with E-state index in [4.69, 9.17) is 36.8 Å². The van der Waals surface area contributed by atoms with Crippen LogP contribution in [0.5, 0.6) is 0 Å². The van der Waals surface area contributed by atoms with Crippen LogP contribution in [0, 0.1) is 33.3 Å². The maximum absolute atomic E-state index is 7.50. The summed E-state index contributed by atoms with van der Waals surface area (Å²) in [7, 11) is 0. The topological polar surface area (TPSA) is 127 Å². The van der Waals surface area contributed by atoms with E-state index in [9.17, 15) is 0 Å². The van der Waals surface area contributed by atoms with Crippen LogP contribution in [-0.2, 0) is 55.6 Å². The van der Waals surface area contributed by atoms with E-state index in [0.29, 0.717) is 0 Å². The van der Waals surface area contributed by atoms with Gasteiger partial charge in [-0.15, -0.1) is 0 Å². The first kappa shape index (κ1) is 41.2. The third-order valence-electron chi connectivity index (χ3n) is 2.24. The van der Waals surface area contributed by atoms with E-state index in [0.717, 1.165) is 58.3 Å². The molecule has 0 unspecified atom stereocenters. The first-order valence-corrected chi connectivity index (χ1v) is 13.1. The van der Waals surface area contributed by atoms with E-state index in [-0.39, 0.29) is 0 Å². The summed E-state index contributed by atoms with van der Waals surface area (Å²) in [6, 6.07) is 0. The molecule has 0 spiro atoms. The standard InChI is InChI=1S/C12H27O3P.5CO.W/c1-4-7-10-13-16(14-11-8-5-2)15-12-9-6-3;5*1-2;/h4-12H2,1-3H3;;;;;;. The molecule has 0 radical (unpaired) electrons. The summed E-state index contributed by atoms with van der Waals surface area (Å²) >= 11 is 1.32. The van der Waals surface area contributed by atoms with Gasteiger partial charge in [0.2, 0.25) is 0 Å². The van der Waals surface area contributed by atoms with Crippen molar-refractivity contribution in [3.05, 3.63) is 33.3 Å². The van der Waals surface area contributed by atoms with Gasteiger partial charge in [-0.2, -0.15) is 0 Å². The second-order valence-corrected chi connectivity index (χ2v) is 10.5. The zero-order chi connectivity index (χ0) is 23.0. The minimum atomic E-state index is -1.98. The van der Waals surface area contributed by atoms with Crippen LogP contribution < -0.4 is 0 Å². The summed E-state index contributed by atoms with van der Waals surface area (Å²) in [5.74, 6) is 0. The normalized spacial score (nSPS) is 7.89. The average Bonchev–Trinajstić information content (AvgIpc) is 2.76. The molecule has 0 aromatic carbocycles. The van der Waals surface area contributed by atoms with Crippen molar-refractivity contribution in [2.45, 2.75) is 59.3 Å². The molecule has 0 aromatic heterocycles. The van der Waals surface area contributed by atoms with Gasteiger partial charge in [0.1, 0.15) is 0 Å². The first-order valence-electron chi connectivity index (χ1n) is 7.74. The molecule has 10 heteroatoms. The minimum absolute atomic E-state index is 0.770. The van der Waals surface area contributed by atoms with E-state index in [1.807, 2.05) is 0 Å². The molecule has 0 saturated heterocycles. The van der Waals surface area contributed by atoms with E-state index in [2.05, 4.69) is 54.0 Å². The Balaban J connectivity index is -0.0000000945. The molecular weight excluding hydrogens is 547 g/mol. The average molecular weight is 574 g/mol. The second-order valence-electron chi connectivity index (χ2n) is 4.01. The van der Waals surface area contributed by atoms with Crippen molar-refractivity contribution in [3.8, 4) is 0 Å².